The van der Waals surface area contributed by atoms with Gasteiger partial charge in [-0.3, -0.25) is 0 Å². The highest BCUT2D eigenvalue weighted by Crippen LogP contribution is 2.31. The van der Waals surface area contributed by atoms with Crippen molar-refractivity contribution in [3.63, 3.8) is 0 Å². The SMILES string of the molecule is FC(F)(F)COc1nc(NCc2ccc(Cl)cc2)nc(Nc2cccc(C(F)(F)F)c2)n1. The van der Waals surface area contributed by atoms with Gasteiger partial charge in [0.15, 0.2) is 6.61 Å². The zero-order valence-electron chi connectivity index (χ0n) is 15.9. The van der Waals surface area contributed by atoms with Crippen LogP contribution in [0.15, 0.2) is 48.5 Å². The normalized spacial score (nSPS) is 11.8. The van der Waals surface area contributed by atoms with Gasteiger partial charge in [-0.25, -0.2) is 0 Å². The molecule has 2 aromatic carbocycles. The Morgan fingerprint density at radius 3 is 2.22 bits per heavy atom. The maximum atomic E-state index is 12.9. The van der Waals surface area contributed by atoms with E-state index in [4.69, 9.17) is 11.6 Å². The van der Waals surface area contributed by atoms with Gasteiger partial charge in [0, 0.05) is 17.3 Å². The summed E-state index contributed by atoms with van der Waals surface area (Å²) in [5.41, 5.74) is -0.192. The van der Waals surface area contributed by atoms with Crippen molar-refractivity contribution in [1.29, 1.82) is 0 Å². The van der Waals surface area contributed by atoms with E-state index in [2.05, 4.69) is 30.3 Å². The molecule has 0 spiro atoms. The van der Waals surface area contributed by atoms with Crippen LogP contribution in [-0.2, 0) is 12.7 Å². The van der Waals surface area contributed by atoms with Crippen molar-refractivity contribution < 1.29 is 31.1 Å². The Bertz CT molecular complexity index is 1060. The van der Waals surface area contributed by atoms with Crippen LogP contribution in [0.1, 0.15) is 11.1 Å². The highest BCUT2D eigenvalue weighted by atomic mass is 35.5. The van der Waals surface area contributed by atoms with E-state index in [0.717, 1.165) is 23.8 Å². The molecule has 0 radical (unpaired) electrons. The van der Waals surface area contributed by atoms with Crippen LogP contribution in [0.25, 0.3) is 0 Å². The van der Waals surface area contributed by atoms with Crippen molar-refractivity contribution in [3.05, 3.63) is 64.7 Å². The van der Waals surface area contributed by atoms with Gasteiger partial charge >= 0.3 is 18.4 Å². The monoisotopic (exact) mass is 477 g/mol. The molecule has 3 aromatic rings. The lowest BCUT2D eigenvalue weighted by Gasteiger charge is -2.13. The predicted molar refractivity (Wildman–Crippen MR) is 105 cm³/mol. The summed E-state index contributed by atoms with van der Waals surface area (Å²) in [4.78, 5) is 11.4. The van der Waals surface area contributed by atoms with Gasteiger partial charge in [-0.1, -0.05) is 29.8 Å². The van der Waals surface area contributed by atoms with E-state index in [1.807, 2.05) is 0 Å². The van der Waals surface area contributed by atoms with E-state index in [0.29, 0.717) is 5.02 Å². The minimum absolute atomic E-state index is 0.0311. The fourth-order valence-corrected chi connectivity index (χ4v) is 2.51. The Morgan fingerprint density at radius 2 is 1.56 bits per heavy atom. The fourth-order valence-electron chi connectivity index (χ4n) is 2.39. The summed E-state index contributed by atoms with van der Waals surface area (Å²) in [7, 11) is 0. The van der Waals surface area contributed by atoms with Crippen molar-refractivity contribution in [2.45, 2.75) is 18.9 Å². The number of hydrogen-bond donors (Lipinski definition) is 2. The summed E-state index contributed by atoms with van der Waals surface area (Å²) in [5, 5.41) is 5.83. The van der Waals surface area contributed by atoms with Gasteiger partial charge in [0.25, 0.3) is 0 Å². The summed E-state index contributed by atoms with van der Waals surface area (Å²) < 4.78 is 80.8. The Kier molecular flexibility index (Phi) is 6.92. The Morgan fingerprint density at radius 1 is 0.875 bits per heavy atom. The van der Waals surface area contributed by atoms with E-state index in [1.54, 1.807) is 24.3 Å². The van der Waals surface area contributed by atoms with Crippen LogP contribution in [0.2, 0.25) is 5.02 Å². The smallest absolute Gasteiger partial charge is 0.422 e. The number of hydrogen-bond acceptors (Lipinski definition) is 6. The van der Waals surface area contributed by atoms with E-state index in [-0.39, 0.29) is 24.1 Å². The summed E-state index contributed by atoms with van der Waals surface area (Å²) in [6, 6.07) is 10.2. The number of benzene rings is 2. The molecule has 3 rings (SSSR count). The lowest BCUT2D eigenvalue weighted by atomic mass is 10.2. The lowest BCUT2D eigenvalue weighted by molar-refractivity contribution is -0.154. The minimum Gasteiger partial charge on any atom is -0.454 e. The van der Waals surface area contributed by atoms with Crippen LogP contribution >= 0.6 is 11.6 Å². The molecule has 0 bridgehead atoms. The first-order valence-corrected chi connectivity index (χ1v) is 9.24. The van der Waals surface area contributed by atoms with Gasteiger partial charge < -0.3 is 15.4 Å². The van der Waals surface area contributed by atoms with Crippen molar-refractivity contribution >= 4 is 29.2 Å². The molecule has 0 unspecified atom stereocenters. The quantitative estimate of drug-likeness (QED) is 0.417. The van der Waals surface area contributed by atoms with Gasteiger partial charge in [0.05, 0.1) is 5.56 Å². The molecule has 13 heteroatoms. The fraction of sp³-hybridized carbons (Fsp3) is 0.211. The highest BCUT2D eigenvalue weighted by Gasteiger charge is 2.31. The Balaban J connectivity index is 1.83. The molecule has 0 fully saturated rings. The molecule has 170 valence electrons. The second-order valence-corrected chi connectivity index (χ2v) is 6.79. The summed E-state index contributed by atoms with van der Waals surface area (Å²) in [6.07, 6.45) is -9.22. The maximum absolute atomic E-state index is 12.9. The largest absolute Gasteiger partial charge is 0.454 e. The molecule has 0 aliphatic heterocycles. The molecule has 0 amide bonds. The zero-order valence-corrected chi connectivity index (χ0v) is 16.7. The van der Waals surface area contributed by atoms with Gasteiger partial charge in [0.2, 0.25) is 11.9 Å². The zero-order chi connectivity index (χ0) is 23.4. The lowest BCUT2D eigenvalue weighted by Crippen LogP contribution is -2.21. The molecule has 2 N–H and O–H groups in total. The highest BCUT2D eigenvalue weighted by molar-refractivity contribution is 6.30. The Hall–Kier alpha value is -3.28. The van der Waals surface area contributed by atoms with Crippen LogP contribution in [0.5, 0.6) is 6.01 Å². The summed E-state index contributed by atoms with van der Waals surface area (Å²) >= 11 is 5.82. The van der Waals surface area contributed by atoms with Crippen LogP contribution in [0.4, 0.5) is 43.9 Å². The predicted octanol–water partition coefficient (Wildman–Crippen LogP) is 5.84. The van der Waals surface area contributed by atoms with E-state index < -0.39 is 30.5 Å². The van der Waals surface area contributed by atoms with Crippen LogP contribution in [0.3, 0.4) is 0 Å². The number of rotatable bonds is 7. The molecule has 6 nitrogen and oxygen atoms in total. The third kappa shape index (κ3) is 7.15. The first-order chi connectivity index (χ1) is 15.0. The average molecular weight is 478 g/mol. The van der Waals surface area contributed by atoms with E-state index in [1.165, 1.54) is 6.07 Å². The standard InChI is InChI=1S/C19H14ClF6N5O/c20-13-6-4-11(5-7-13)9-27-15-29-16(31-17(30-15)32-10-18(21,22)23)28-14-3-1-2-12(8-14)19(24,25)26/h1-8H,9-10H2,(H2,27,28,29,30,31). The van der Waals surface area contributed by atoms with Gasteiger partial charge in [-0.2, -0.15) is 41.3 Å². The van der Waals surface area contributed by atoms with Crippen LogP contribution in [0, 0.1) is 0 Å². The number of ether oxygens (including phenoxy) is 1. The van der Waals surface area contributed by atoms with Gasteiger partial charge in [0.1, 0.15) is 0 Å². The number of aromatic nitrogens is 3. The average Bonchev–Trinajstić information content (AvgIpc) is 2.71. The first-order valence-electron chi connectivity index (χ1n) is 8.86. The third-order valence-corrected chi connectivity index (χ3v) is 4.04. The maximum Gasteiger partial charge on any atom is 0.422 e. The van der Waals surface area contributed by atoms with Crippen molar-refractivity contribution in [3.8, 4) is 6.01 Å². The van der Waals surface area contributed by atoms with E-state index >= 15 is 0 Å². The first kappa shape index (κ1) is 23.4. The van der Waals surface area contributed by atoms with Crippen LogP contribution < -0.4 is 15.4 Å². The molecule has 0 saturated heterocycles. The number of nitrogens with one attached hydrogen (secondary N) is 2. The molecule has 0 aliphatic rings. The second kappa shape index (κ2) is 9.47. The number of nitrogens with zero attached hydrogens (tertiary/aromatic N) is 3. The van der Waals surface area contributed by atoms with Crippen molar-refractivity contribution in [2.24, 2.45) is 0 Å². The van der Waals surface area contributed by atoms with Gasteiger partial charge in [-0.05, 0) is 35.9 Å². The van der Waals surface area contributed by atoms with Crippen molar-refractivity contribution in [2.75, 3.05) is 17.2 Å². The van der Waals surface area contributed by atoms with Gasteiger partial charge in [-0.15, -0.1) is 0 Å². The number of halogens is 7. The summed E-state index contributed by atoms with van der Waals surface area (Å²) in [5.74, 6) is -0.461. The molecule has 0 aliphatic carbocycles. The number of alkyl halides is 6. The molecular formula is C19H14ClF6N5O. The molecule has 1 heterocycles. The molecule has 32 heavy (non-hydrogen) atoms. The summed E-state index contributed by atoms with van der Waals surface area (Å²) in [6.45, 7) is -1.47. The molecule has 1 aromatic heterocycles. The van der Waals surface area contributed by atoms with Crippen LogP contribution in [-0.4, -0.2) is 27.7 Å². The Labute approximate surface area is 182 Å². The van der Waals surface area contributed by atoms with Crippen molar-refractivity contribution in [1.82, 2.24) is 15.0 Å². The third-order valence-electron chi connectivity index (χ3n) is 3.79. The van der Waals surface area contributed by atoms with E-state index in [9.17, 15) is 26.3 Å². The molecule has 0 atom stereocenters. The minimum atomic E-state index is -4.64. The molecule has 0 saturated carbocycles. The second-order valence-electron chi connectivity index (χ2n) is 6.35. The topological polar surface area (TPSA) is 72.0 Å². The molecular weight excluding hydrogens is 464 g/mol. The number of anilines is 3.